The van der Waals surface area contributed by atoms with Crippen molar-refractivity contribution in [3.63, 3.8) is 0 Å². The molecular formula is C12H14BrNO. The van der Waals surface area contributed by atoms with E-state index in [1.165, 1.54) is 24.8 Å². The smallest absolute Gasteiger partial charge is 0.144 e. The molecule has 0 saturated heterocycles. The number of halogens is 1. The molecule has 3 heteroatoms. The van der Waals surface area contributed by atoms with Crippen LogP contribution in [0.25, 0.3) is 0 Å². The second-order valence-corrected chi connectivity index (χ2v) is 5.50. The van der Waals surface area contributed by atoms with Gasteiger partial charge in [0.2, 0.25) is 0 Å². The van der Waals surface area contributed by atoms with Crippen LogP contribution in [-0.4, -0.2) is 12.1 Å². The molecule has 1 aromatic carbocycles. The van der Waals surface area contributed by atoms with Crippen LogP contribution in [0.1, 0.15) is 24.8 Å². The Morgan fingerprint density at radius 3 is 2.87 bits per heavy atom. The molecule has 1 aliphatic carbocycles. The molecule has 0 radical (unpaired) electrons. The molecule has 80 valence electrons. The fraction of sp³-hybridized carbons (Fsp3) is 0.500. The van der Waals surface area contributed by atoms with E-state index in [0.29, 0.717) is 0 Å². The fourth-order valence-corrected chi connectivity index (χ4v) is 2.94. The monoisotopic (exact) mass is 267 g/mol. The summed E-state index contributed by atoms with van der Waals surface area (Å²) < 4.78 is 7.22. The summed E-state index contributed by atoms with van der Waals surface area (Å²) >= 11 is 3.51. The zero-order valence-electron chi connectivity index (χ0n) is 8.77. The minimum absolute atomic E-state index is 0.0975. The van der Waals surface area contributed by atoms with E-state index in [9.17, 15) is 0 Å². The molecule has 1 fully saturated rings. The van der Waals surface area contributed by atoms with Crippen molar-refractivity contribution < 1.29 is 4.74 Å². The average Bonchev–Trinajstić information content (AvgIpc) is 2.14. The van der Waals surface area contributed by atoms with Gasteiger partial charge in [-0.2, -0.15) is 0 Å². The highest BCUT2D eigenvalue weighted by molar-refractivity contribution is 9.10. The summed E-state index contributed by atoms with van der Waals surface area (Å²) in [7, 11) is 0. The molecule has 1 saturated carbocycles. The quantitative estimate of drug-likeness (QED) is 0.777. The number of fused-ring (bicyclic) bond motifs is 1. The summed E-state index contributed by atoms with van der Waals surface area (Å²) in [6, 6.07) is 4.18. The lowest BCUT2D eigenvalue weighted by Gasteiger charge is -2.45. The maximum Gasteiger partial charge on any atom is 0.144 e. The van der Waals surface area contributed by atoms with Crippen LogP contribution < -0.4 is 10.1 Å². The van der Waals surface area contributed by atoms with Gasteiger partial charge < -0.3 is 10.1 Å². The van der Waals surface area contributed by atoms with Gasteiger partial charge >= 0.3 is 0 Å². The van der Waals surface area contributed by atoms with E-state index in [1.54, 1.807) is 0 Å². The molecule has 0 aromatic heterocycles. The minimum Gasteiger partial charge on any atom is -0.483 e. The highest BCUT2D eigenvalue weighted by atomic mass is 79.9. The van der Waals surface area contributed by atoms with Crippen LogP contribution in [0.4, 0.5) is 5.69 Å². The lowest BCUT2D eigenvalue weighted by atomic mass is 9.79. The van der Waals surface area contributed by atoms with E-state index in [-0.39, 0.29) is 5.60 Å². The van der Waals surface area contributed by atoms with Gasteiger partial charge in [-0.3, -0.25) is 0 Å². The van der Waals surface area contributed by atoms with Crippen molar-refractivity contribution in [3.8, 4) is 5.75 Å². The predicted molar refractivity (Wildman–Crippen MR) is 64.6 cm³/mol. The highest BCUT2D eigenvalue weighted by Crippen LogP contribution is 2.44. The van der Waals surface area contributed by atoms with Crippen LogP contribution in [0.15, 0.2) is 16.6 Å². The molecule has 2 nitrogen and oxygen atoms in total. The largest absolute Gasteiger partial charge is 0.483 e. The highest BCUT2D eigenvalue weighted by Gasteiger charge is 2.42. The van der Waals surface area contributed by atoms with E-state index in [4.69, 9.17) is 4.74 Å². The maximum atomic E-state index is 6.12. The van der Waals surface area contributed by atoms with Crippen LogP contribution in [0.3, 0.4) is 0 Å². The Kier molecular flexibility index (Phi) is 2.00. The molecule has 0 bridgehead atoms. The molecule has 1 aromatic rings. The number of hydrogen-bond donors (Lipinski definition) is 1. The molecule has 3 rings (SSSR count). The summed E-state index contributed by atoms with van der Waals surface area (Å²) in [5.41, 5.74) is 2.50. The van der Waals surface area contributed by atoms with Gasteiger partial charge in [-0.1, -0.05) is 15.9 Å². The van der Waals surface area contributed by atoms with Crippen LogP contribution in [0, 0.1) is 6.92 Å². The van der Waals surface area contributed by atoms with E-state index in [2.05, 4.69) is 40.3 Å². The van der Waals surface area contributed by atoms with E-state index in [0.717, 1.165) is 22.5 Å². The normalized spacial score (nSPS) is 21.2. The summed E-state index contributed by atoms with van der Waals surface area (Å²) in [4.78, 5) is 0. The van der Waals surface area contributed by atoms with Gasteiger partial charge in [0.25, 0.3) is 0 Å². The van der Waals surface area contributed by atoms with Gasteiger partial charge in [0.05, 0.1) is 12.2 Å². The van der Waals surface area contributed by atoms with Crippen LogP contribution >= 0.6 is 15.9 Å². The first-order chi connectivity index (χ1) is 7.19. The number of aryl methyl sites for hydroxylation is 1. The Labute approximate surface area is 98.1 Å². The Balaban J connectivity index is 2.01. The third-order valence-corrected chi connectivity index (χ3v) is 3.90. The second kappa shape index (κ2) is 3.14. The summed E-state index contributed by atoms with van der Waals surface area (Å²) in [6.45, 7) is 3.07. The number of benzene rings is 1. The molecule has 0 amide bonds. The molecule has 1 aliphatic heterocycles. The topological polar surface area (TPSA) is 21.3 Å². The molecule has 1 heterocycles. The Morgan fingerprint density at radius 1 is 1.40 bits per heavy atom. The first-order valence-corrected chi connectivity index (χ1v) is 6.21. The van der Waals surface area contributed by atoms with E-state index >= 15 is 0 Å². The SMILES string of the molecule is Cc1cc(Br)cc2c1NCC1(CCC1)O2. The lowest BCUT2D eigenvalue weighted by Crippen LogP contribution is -2.51. The molecule has 0 unspecified atom stereocenters. The van der Waals surface area contributed by atoms with Crippen molar-refractivity contribution in [2.75, 3.05) is 11.9 Å². The number of nitrogens with one attached hydrogen (secondary N) is 1. The second-order valence-electron chi connectivity index (χ2n) is 4.59. The van der Waals surface area contributed by atoms with Gasteiger partial charge in [0, 0.05) is 4.47 Å². The Morgan fingerprint density at radius 2 is 2.20 bits per heavy atom. The Hall–Kier alpha value is -0.700. The van der Waals surface area contributed by atoms with Crippen molar-refractivity contribution in [1.82, 2.24) is 0 Å². The number of anilines is 1. The van der Waals surface area contributed by atoms with Gasteiger partial charge in [-0.15, -0.1) is 0 Å². The van der Waals surface area contributed by atoms with Crippen molar-refractivity contribution in [2.45, 2.75) is 31.8 Å². The summed E-state index contributed by atoms with van der Waals surface area (Å²) in [5, 5.41) is 3.51. The van der Waals surface area contributed by atoms with Crippen molar-refractivity contribution in [2.24, 2.45) is 0 Å². The standard InChI is InChI=1S/C12H14BrNO/c1-8-5-9(13)6-10-11(8)14-7-12(15-10)3-2-4-12/h5-6,14H,2-4,7H2,1H3. The van der Waals surface area contributed by atoms with Crippen molar-refractivity contribution >= 4 is 21.6 Å². The molecular weight excluding hydrogens is 254 g/mol. The predicted octanol–water partition coefficient (Wildman–Crippen LogP) is 3.48. The maximum absolute atomic E-state index is 6.12. The number of rotatable bonds is 0. The fourth-order valence-electron chi connectivity index (χ4n) is 2.39. The van der Waals surface area contributed by atoms with Gasteiger partial charge in [0.1, 0.15) is 11.4 Å². The Bertz CT molecular complexity index is 412. The number of ether oxygens (including phenoxy) is 1. The first-order valence-electron chi connectivity index (χ1n) is 5.42. The zero-order chi connectivity index (χ0) is 10.5. The van der Waals surface area contributed by atoms with Gasteiger partial charge in [-0.05, 0) is 43.9 Å². The van der Waals surface area contributed by atoms with Gasteiger partial charge in [0.15, 0.2) is 0 Å². The molecule has 1 N–H and O–H groups in total. The number of hydrogen-bond acceptors (Lipinski definition) is 2. The molecule has 0 atom stereocenters. The molecule has 2 aliphatic rings. The lowest BCUT2D eigenvalue weighted by molar-refractivity contribution is 0.0000784. The summed E-state index contributed by atoms with van der Waals surface area (Å²) in [5.74, 6) is 1.01. The minimum atomic E-state index is 0.0975. The zero-order valence-corrected chi connectivity index (χ0v) is 10.4. The first kappa shape index (κ1) is 9.52. The molecule has 1 spiro atoms. The van der Waals surface area contributed by atoms with E-state index in [1.807, 2.05) is 0 Å². The third kappa shape index (κ3) is 1.44. The van der Waals surface area contributed by atoms with E-state index < -0.39 is 0 Å². The van der Waals surface area contributed by atoms with Gasteiger partial charge in [-0.25, -0.2) is 0 Å². The summed E-state index contributed by atoms with van der Waals surface area (Å²) in [6.07, 6.45) is 3.67. The van der Waals surface area contributed by atoms with Crippen molar-refractivity contribution in [1.29, 1.82) is 0 Å². The van der Waals surface area contributed by atoms with Crippen LogP contribution in [-0.2, 0) is 0 Å². The van der Waals surface area contributed by atoms with Crippen LogP contribution in [0.2, 0.25) is 0 Å². The average molecular weight is 268 g/mol. The van der Waals surface area contributed by atoms with Crippen molar-refractivity contribution in [3.05, 3.63) is 22.2 Å². The van der Waals surface area contributed by atoms with Crippen LogP contribution in [0.5, 0.6) is 5.75 Å². The molecule has 15 heavy (non-hydrogen) atoms. The third-order valence-electron chi connectivity index (χ3n) is 3.44.